The Kier molecular flexibility index (Phi) is 4.55. The number of rotatable bonds is 7. The van der Waals surface area contributed by atoms with Crippen LogP contribution in [0.5, 0.6) is 5.75 Å². The number of amides is 1. The molecule has 1 fully saturated rings. The van der Waals surface area contributed by atoms with E-state index in [-0.39, 0.29) is 29.0 Å². The molecule has 0 aliphatic heterocycles. The van der Waals surface area contributed by atoms with Crippen molar-refractivity contribution < 1.29 is 17.4 Å². The molecule has 0 unspecified atom stereocenters. The fourth-order valence-corrected chi connectivity index (χ4v) is 2.60. The van der Waals surface area contributed by atoms with Crippen LogP contribution in [0.3, 0.4) is 0 Å². The second-order valence-corrected chi connectivity index (χ2v) is 7.48. The number of carbonyl (C=O) groups is 1. The highest BCUT2D eigenvalue weighted by molar-refractivity contribution is 7.86. The van der Waals surface area contributed by atoms with E-state index >= 15 is 0 Å². The van der Waals surface area contributed by atoms with Crippen molar-refractivity contribution in [2.24, 2.45) is 5.73 Å². The molecule has 1 heterocycles. The van der Waals surface area contributed by atoms with Gasteiger partial charge in [-0.1, -0.05) is 0 Å². The number of carbonyl (C=O) groups excluding carboxylic acids is 1. The molecule has 26 heavy (non-hydrogen) atoms. The van der Waals surface area contributed by atoms with Crippen LogP contribution in [0, 0.1) is 0 Å². The zero-order chi connectivity index (χ0) is 18.9. The number of nitrogen functional groups attached to an aromatic ring is 1. The smallest absolute Gasteiger partial charge is 0.306 e. The van der Waals surface area contributed by atoms with E-state index in [0.717, 1.165) is 19.1 Å². The average Bonchev–Trinajstić information content (AvgIpc) is 3.33. The molecule has 10 nitrogen and oxygen atoms in total. The Morgan fingerprint density at radius 3 is 2.69 bits per heavy atom. The summed E-state index contributed by atoms with van der Waals surface area (Å²) in [7, 11) is -3.72. The molecule has 3 rings (SSSR count). The van der Waals surface area contributed by atoms with Gasteiger partial charge in [0.15, 0.2) is 5.75 Å². The van der Waals surface area contributed by atoms with Crippen molar-refractivity contribution in [2.45, 2.75) is 18.9 Å². The molecule has 2 aromatic rings. The van der Waals surface area contributed by atoms with E-state index in [0.29, 0.717) is 11.5 Å². The Bertz CT molecular complexity index is 959. The third-order valence-corrected chi connectivity index (χ3v) is 3.97. The third-order valence-electron chi connectivity index (χ3n) is 3.48. The van der Waals surface area contributed by atoms with E-state index in [1.54, 1.807) is 6.07 Å². The fourth-order valence-electron chi connectivity index (χ4n) is 2.13. The van der Waals surface area contributed by atoms with Crippen LogP contribution in [-0.2, 0) is 10.1 Å². The molecule has 11 heteroatoms. The van der Waals surface area contributed by atoms with Crippen molar-refractivity contribution in [1.29, 1.82) is 0 Å². The Labute approximate surface area is 150 Å². The zero-order valence-corrected chi connectivity index (χ0v) is 14.7. The molecule has 1 aromatic carbocycles. The van der Waals surface area contributed by atoms with E-state index < -0.39 is 16.0 Å². The van der Waals surface area contributed by atoms with Crippen molar-refractivity contribution in [3.05, 3.63) is 30.0 Å². The predicted molar refractivity (Wildman–Crippen MR) is 96.8 cm³/mol. The second-order valence-electron chi connectivity index (χ2n) is 5.90. The molecule has 1 amide bonds. The number of hydrogen-bond acceptors (Lipinski definition) is 9. The van der Waals surface area contributed by atoms with Crippen molar-refractivity contribution in [3.8, 4) is 5.75 Å². The van der Waals surface area contributed by atoms with Crippen LogP contribution >= 0.6 is 0 Å². The third kappa shape index (κ3) is 4.51. The number of benzene rings is 1. The van der Waals surface area contributed by atoms with Gasteiger partial charge in [-0.05, 0) is 25.0 Å². The Hall–Kier alpha value is -3.08. The summed E-state index contributed by atoms with van der Waals surface area (Å²) in [6, 6.07) is 4.78. The lowest BCUT2D eigenvalue weighted by atomic mass is 10.2. The number of nitrogens with zero attached hydrogens (tertiary/aromatic N) is 2. The van der Waals surface area contributed by atoms with Gasteiger partial charge < -0.3 is 26.3 Å². The summed E-state index contributed by atoms with van der Waals surface area (Å²) in [5.41, 5.74) is 11.9. The molecule has 0 spiro atoms. The number of hydrogen-bond donors (Lipinski definition) is 4. The van der Waals surface area contributed by atoms with Gasteiger partial charge in [-0.15, -0.1) is 0 Å². The summed E-state index contributed by atoms with van der Waals surface area (Å²) in [6.45, 7) is 0. The van der Waals surface area contributed by atoms with E-state index in [2.05, 4.69) is 20.6 Å². The Morgan fingerprint density at radius 1 is 1.35 bits per heavy atom. The van der Waals surface area contributed by atoms with Gasteiger partial charge in [0.2, 0.25) is 5.95 Å². The minimum absolute atomic E-state index is 0.0115. The van der Waals surface area contributed by atoms with E-state index in [1.807, 2.05) is 0 Å². The molecule has 0 saturated heterocycles. The summed E-state index contributed by atoms with van der Waals surface area (Å²) >= 11 is 0. The lowest BCUT2D eigenvalue weighted by Gasteiger charge is -2.12. The molecule has 1 aliphatic carbocycles. The normalized spacial score (nSPS) is 13.9. The van der Waals surface area contributed by atoms with Crippen molar-refractivity contribution in [1.82, 2.24) is 9.97 Å². The topological polar surface area (TPSA) is 162 Å². The van der Waals surface area contributed by atoms with Gasteiger partial charge in [0.25, 0.3) is 5.91 Å². The molecule has 6 N–H and O–H groups in total. The summed E-state index contributed by atoms with van der Waals surface area (Å²) in [6.07, 6.45) is 4.24. The van der Waals surface area contributed by atoms with E-state index in [4.69, 9.17) is 15.7 Å². The molecular weight excluding hydrogens is 360 g/mol. The van der Waals surface area contributed by atoms with E-state index in [9.17, 15) is 13.2 Å². The van der Waals surface area contributed by atoms with Crippen LogP contribution in [0.15, 0.2) is 24.4 Å². The summed E-state index contributed by atoms with van der Waals surface area (Å²) in [5.74, 6) is -0.0904. The molecular formula is C15H18N6O4S. The highest BCUT2D eigenvalue weighted by atomic mass is 32.2. The van der Waals surface area contributed by atoms with Crippen LogP contribution in [0.25, 0.3) is 0 Å². The van der Waals surface area contributed by atoms with Crippen molar-refractivity contribution in [2.75, 3.05) is 22.6 Å². The Balaban J connectivity index is 1.86. The Morgan fingerprint density at radius 2 is 2.08 bits per heavy atom. The van der Waals surface area contributed by atoms with Gasteiger partial charge in [0.05, 0.1) is 17.5 Å². The largest absolute Gasteiger partial charge is 0.396 e. The minimum atomic E-state index is -3.72. The maximum atomic E-state index is 11.5. The first kappa shape index (κ1) is 17.7. The first-order valence-electron chi connectivity index (χ1n) is 7.70. The standard InChI is InChI=1S/C15H18N6O4S/c1-26(23,24)25-12-6-9(4-5-11(12)16)20-15-18-7-10(13(17)22)14(21-15)19-8-2-3-8/h4-8H,2-3,16H2,1H3,(H2,17,22)(H2,18,19,20,21). The van der Waals surface area contributed by atoms with Gasteiger partial charge in [0, 0.05) is 24.0 Å². The first-order chi connectivity index (χ1) is 12.2. The van der Waals surface area contributed by atoms with Gasteiger partial charge in [0.1, 0.15) is 5.82 Å². The number of nitrogens with one attached hydrogen (secondary N) is 2. The molecule has 138 valence electrons. The summed E-state index contributed by atoms with van der Waals surface area (Å²) in [4.78, 5) is 19.8. The maximum Gasteiger partial charge on any atom is 0.306 e. The SMILES string of the molecule is CS(=O)(=O)Oc1cc(Nc2ncc(C(N)=O)c(NC3CC3)n2)ccc1N. The van der Waals surface area contributed by atoms with Crippen molar-refractivity contribution in [3.63, 3.8) is 0 Å². The number of nitrogens with two attached hydrogens (primary N) is 2. The number of primary amides is 1. The minimum Gasteiger partial charge on any atom is -0.396 e. The molecule has 1 aliphatic rings. The maximum absolute atomic E-state index is 11.5. The number of aromatic nitrogens is 2. The highest BCUT2D eigenvalue weighted by Gasteiger charge is 2.24. The number of anilines is 4. The van der Waals surface area contributed by atoms with Crippen LogP contribution < -0.4 is 26.3 Å². The highest BCUT2D eigenvalue weighted by Crippen LogP contribution is 2.29. The van der Waals surface area contributed by atoms with Crippen LogP contribution in [0.1, 0.15) is 23.2 Å². The lowest BCUT2D eigenvalue weighted by molar-refractivity contribution is 0.100. The summed E-state index contributed by atoms with van der Waals surface area (Å²) < 4.78 is 27.4. The van der Waals surface area contributed by atoms with Gasteiger partial charge in [-0.25, -0.2) is 4.98 Å². The fraction of sp³-hybridized carbons (Fsp3) is 0.267. The molecule has 1 saturated carbocycles. The van der Waals surface area contributed by atoms with Crippen LogP contribution in [0.2, 0.25) is 0 Å². The quantitative estimate of drug-likeness (QED) is 0.403. The average molecular weight is 378 g/mol. The molecule has 0 radical (unpaired) electrons. The first-order valence-corrected chi connectivity index (χ1v) is 9.52. The summed E-state index contributed by atoms with van der Waals surface area (Å²) in [5, 5.41) is 6.04. The van der Waals surface area contributed by atoms with Gasteiger partial charge in [-0.2, -0.15) is 13.4 Å². The molecule has 1 aromatic heterocycles. The van der Waals surface area contributed by atoms with Gasteiger partial charge >= 0.3 is 10.1 Å². The van der Waals surface area contributed by atoms with Gasteiger partial charge in [-0.3, -0.25) is 4.79 Å². The second kappa shape index (κ2) is 6.67. The monoisotopic (exact) mass is 378 g/mol. The zero-order valence-electron chi connectivity index (χ0n) is 13.9. The van der Waals surface area contributed by atoms with Crippen LogP contribution in [0.4, 0.5) is 23.1 Å². The van der Waals surface area contributed by atoms with Crippen LogP contribution in [-0.4, -0.2) is 36.6 Å². The van der Waals surface area contributed by atoms with E-state index in [1.165, 1.54) is 18.3 Å². The molecule has 0 atom stereocenters. The molecule has 0 bridgehead atoms. The van der Waals surface area contributed by atoms with Crippen molar-refractivity contribution >= 4 is 39.2 Å². The lowest BCUT2D eigenvalue weighted by Crippen LogP contribution is -2.17. The predicted octanol–water partition coefficient (Wildman–Crippen LogP) is 0.814.